The number of hydrogen-bond donors (Lipinski definition) is 2. The van der Waals surface area contributed by atoms with Crippen LogP contribution in [-0.2, 0) is 6.54 Å². The molecule has 1 fully saturated rings. The molecular weight excluding hydrogens is 306 g/mol. The van der Waals surface area contributed by atoms with E-state index in [2.05, 4.69) is 22.6 Å². The van der Waals surface area contributed by atoms with Crippen LogP contribution in [0.5, 0.6) is 0 Å². The summed E-state index contributed by atoms with van der Waals surface area (Å²) in [7, 11) is 2.19. The lowest BCUT2D eigenvalue weighted by Gasteiger charge is -2.33. The number of aromatic nitrogens is 1. The van der Waals surface area contributed by atoms with Crippen LogP contribution in [0.25, 0.3) is 0 Å². The zero-order valence-corrected chi connectivity index (χ0v) is 14.4. The van der Waals surface area contributed by atoms with Crippen molar-refractivity contribution < 1.29 is 5.11 Å². The number of hydrogen-bond acceptors (Lipinski definition) is 5. The molecule has 0 radical (unpaired) electrons. The fraction of sp³-hybridized carbons (Fsp3) is 0.500. The molecule has 0 amide bonds. The highest BCUT2D eigenvalue weighted by atomic mass is 32.1. The van der Waals surface area contributed by atoms with E-state index in [1.54, 1.807) is 11.3 Å². The van der Waals surface area contributed by atoms with E-state index in [-0.39, 0.29) is 0 Å². The fourth-order valence-electron chi connectivity index (χ4n) is 3.23. The third-order valence-corrected chi connectivity index (χ3v) is 5.49. The highest BCUT2D eigenvalue weighted by molar-refractivity contribution is 7.13. The molecule has 0 bridgehead atoms. The Labute approximate surface area is 142 Å². The molecular formula is C18H25N3OS. The molecule has 3 rings (SSSR count). The smallest absolute Gasteiger partial charge is 0.187 e. The molecule has 0 spiro atoms. The van der Waals surface area contributed by atoms with Gasteiger partial charge in [-0.05, 0) is 50.8 Å². The Balaban J connectivity index is 1.52. The number of nitrogens with zero attached hydrogens (tertiary/aromatic N) is 2. The first-order chi connectivity index (χ1) is 11.2. The Kier molecular flexibility index (Phi) is 5.65. The first-order valence-electron chi connectivity index (χ1n) is 8.32. The van der Waals surface area contributed by atoms with Gasteiger partial charge in [-0.1, -0.05) is 18.2 Å². The summed E-state index contributed by atoms with van der Waals surface area (Å²) in [5.41, 5.74) is 2.20. The molecule has 2 aromatic rings. The van der Waals surface area contributed by atoms with Crippen molar-refractivity contribution in [2.45, 2.75) is 38.3 Å². The quantitative estimate of drug-likeness (QED) is 0.843. The fourth-order valence-corrected chi connectivity index (χ4v) is 3.96. The summed E-state index contributed by atoms with van der Waals surface area (Å²) < 4.78 is 0. The summed E-state index contributed by atoms with van der Waals surface area (Å²) in [6.45, 7) is 1.23. The second-order valence-corrected chi connectivity index (χ2v) is 7.27. The van der Waals surface area contributed by atoms with E-state index in [0.29, 0.717) is 18.6 Å². The summed E-state index contributed by atoms with van der Waals surface area (Å²) in [5, 5.41) is 15.7. The van der Waals surface area contributed by atoms with E-state index in [9.17, 15) is 5.11 Å². The molecule has 1 aliphatic rings. The Morgan fingerprint density at radius 2 is 1.96 bits per heavy atom. The lowest BCUT2D eigenvalue weighted by Crippen LogP contribution is -2.35. The zero-order valence-electron chi connectivity index (χ0n) is 13.6. The maximum Gasteiger partial charge on any atom is 0.187 e. The summed E-state index contributed by atoms with van der Waals surface area (Å²) in [4.78, 5) is 7.11. The Morgan fingerprint density at radius 3 is 2.65 bits per heavy atom. The summed E-state index contributed by atoms with van der Waals surface area (Å²) in [6, 6.07) is 10.8. The molecule has 1 aliphatic carbocycles. The van der Waals surface area contributed by atoms with E-state index >= 15 is 0 Å². The molecule has 0 saturated heterocycles. The maximum absolute atomic E-state index is 9.25. The van der Waals surface area contributed by atoms with Gasteiger partial charge in [-0.15, -0.1) is 11.3 Å². The SMILES string of the molecule is CN(Cc1csc(Nc2ccccc2)n1)C1CCC(CO)CC1. The van der Waals surface area contributed by atoms with Crippen LogP contribution in [0.15, 0.2) is 35.7 Å². The number of para-hydroxylation sites is 1. The molecule has 1 heterocycles. The Hall–Kier alpha value is -1.43. The largest absolute Gasteiger partial charge is 0.396 e. The van der Waals surface area contributed by atoms with E-state index in [1.807, 2.05) is 30.3 Å². The van der Waals surface area contributed by atoms with Gasteiger partial charge in [0.25, 0.3) is 0 Å². The first kappa shape index (κ1) is 16.4. The predicted octanol–water partition coefficient (Wildman–Crippen LogP) is 3.87. The number of anilines is 2. The van der Waals surface area contributed by atoms with Crippen molar-refractivity contribution in [3.8, 4) is 0 Å². The van der Waals surface area contributed by atoms with Crippen molar-refractivity contribution >= 4 is 22.2 Å². The molecule has 0 aliphatic heterocycles. The summed E-state index contributed by atoms with van der Waals surface area (Å²) in [5.74, 6) is 0.514. The number of nitrogens with one attached hydrogen (secondary N) is 1. The van der Waals surface area contributed by atoms with Crippen molar-refractivity contribution in [3.63, 3.8) is 0 Å². The number of aliphatic hydroxyl groups is 1. The molecule has 2 N–H and O–H groups in total. The van der Waals surface area contributed by atoms with Crippen molar-refractivity contribution in [2.24, 2.45) is 5.92 Å². The van der Waals surface area contributed by atoms with Crippen LogP contribution in [0.1, 0.15) is 31.4 Å². The Bertz CT molecular complexity index is 593. The van der Waals surface area contributed by atoms with Crippen LogP contribution in [0.3, 0.4) is 0 Å². The van der Waals surface area contributed by atoms with Gasteiger partial charge >= 0.3 is 0 Å². The van der Waals surface area contributed by atoms with Crippen LogP contribution in [0.2, 0.25) is 0 Å². The van der Waals surface area contributed by atoms with Gasteiger partial charge in [0.2, 0.25) is 0 Å². The van der Waals surface area contributed by atoms with E-state index in [1.165, 1.54) is 12.8 Å². The second-order valence-electron chi connectivity index (χ2n) is 6.41. The third-order valence-electron chi connectivity index (χ3n) is 4.69. The Morgan fingerprint density at radius 1 is 1.22 bits per heavy atom. The van der Waals surface area contributed by atoms with Gasteiger partial charge in [-0.2, -0.15) is 0 Å². The molecule has 5 heteroatoms. The first-order valence-corrected chi connectivity index (χ1v) is 9.20. The van der Waals surface area contributed by atoms with E-state index < -0.39 is 0 Å². The number of aliphatic hydroxyl groups excluding tert-OH is 1. The monoisotopic (exact) mass is 331 g/mol. The lowest BCUT2D eigenvalue weighted by atomic mass is 9.86. The summed E-state index contributed by atoms with van der Waals surface area (Å²) >= 11 is 1.66. The molecule has 4 nitrogen and oxygen atoms in total. The highest BCUT2D eigenvalue weighted by Crippen LogP contribution is 2.28. The minimum Gasteiger partial charge on any atom is -0.396 e. The predicted molar refractivity (Wildman–Crippen MR) is 96.1 cm³/mol. The zero-order chi connectivity index (χ0) is 16.1. The summed E-state index contributed by atoms with van der Waals surface area (Å²) in [6.07, 6.45) is 4.65. The second kappa shape index (κ2) is 7.90. The average molecular weight is 331 g/mol. The van der Waals surface area contributed by atoms with Crippen LogP contribution in [0, 0.1) is 5.92 Å². The van der Waals surface area contributed by atoms with Gasteiger partial charge in [0.15, 0.2) is 5.13 Å². The standard InChI is InChI=1S/C18H25N3OS/c1-21(17-9-7-14(12-22)8-10-17)11-16-13-23-18(20-16)19-15-5-3-2-4-6-15/h2-6,13-14,17,22H,7-12H2,1H3,(H,19,20). The number of thiazole rings is 1. The van der Waals surface area contributed by atoms with E-state index in [0.717, 1.165) is 35.9 Å². The molecule has 0 atom stereocenters. The molecule has 1 saturated carbocycles. The molecule has 0 unspecified atom stereocenters. The van der Waals surface area contributed by atoms with Crippen molar-refractivity contribution in [2.75, 3.05) is 19.0 Å². The topological polar surface area (TPSA) is 48.4 Å². The molecule has 1 aromatic heterocycles. The lowest BCUT2D eigenvalue weighted by molar-refractivity contribution is 0.123. The minimum atomic E-state index is 0.344. The van der Waals surface area contributed by atoms with Gasteiger partial charge in [-0.3, -0.25) is 4.90 Å². The van der Waals surface area contributed by atoms with Crippen LogP contribution >= 0.6 is 11.3 Å². The van der Waals surface area contributed by atoms with Crippen molar-refractivity contribution in [1.82, 2.24) is 9.88 Å². The third kappa shape index (κ3) is 4.53. The highest BCUT2D eigenvalue weighted by Gasteiger charge is 2.23. The van der Waals surface area contributed by atoms with Crippen LogP contribution in [-0.4, -0.2) is 34.7 Å². The molecule has 1 aromatic carbocycles. The van der Waals surface area contributed by atoms with Gasteiger partial charge in [0, 0.05) is 30.3 Å². The normalized spacial score (nSPS) is 21.5. The van der Waals surface area contributed by atoms with E-state index in [4.69, 9.17) is 4.98 Å². The van der Waals surface area contributed by atoms with Gasteiger partial charge < -0.3 is 10.4 Å². The average Bonchev–Trinajstić information content (AvgIpc) is 3.02. The van der Waals surface area contributed by atoms with Gasteiger partial charge in [0.1, 0.15) is 0 Å². The van der Waals surface area contributed by atoms with Crippen molar-refractivity contribution in [3.05, 3.63) is 41.4 Å². The van der Waals surface area contributed by atoms with Crippen LogP contribution in [0.4, 0.5) is 10.8 Å². The number of benzene rings is 1. The minimum absolute atomic E-state index is 0.344. The molecule has 23 heavy (non-hydrogen) atoms. The van der Waals surface area contributed by atoms with Gasteiger partial charge in [0.05, 0.1) is 5.69 Å². The van der Waals surface area contributed by atoms with Gasteiger partial charge in [-0.25, -0.2) is 4.98 Å². The maximum atomic E-state index is 9.25. The molecule has 124 valence electrons. The number of rotatable bonds is 6. The van der Waals surface area contributed by atoms with Crippen molar-refractivity contribution in [1.29, 1.82) is 0 Å². The van der Waals surface area contributed by atoms with Crippen LogP contribution < -0.4 is 5.32 Å².